The van der Waals surface area contributed by atoms with Crippen molar-refractivity contribution < 1.29 is 18.9 Å². The summed E-state index contributed by atoms with van der Waals surface area (Å²) in [6.45, 7) is 0.273. The van der Waals surface area contributed by atoms with Gasteiger partial charge in [-0.25, -0.2) is 4.39 Å². The lowest BCUT2D eigenvalue weighted by molar-refractivity contribution is -0.885. The monoisotopic (exact) mass is 384 g/mol. The smallest absolute Gasteiger partial charge is 0.293 e. The highest BCUT2D eigenvalue weighted by Crippen LogP contribution is 2.17. The predicted molar refractivity (Wildman–Crippen MR) is 93.9 cm³/mol. The fourth-order valence-electron chi connectivity index (χ4n) is 2.18. The van der Waals surface area contributed by atoms with Crippen LogP contribution in [0.3, 0.4) is 0 Å². The molecule has 0 saturated heterocycles. The molecule has 2 aromatic rings. The molecule has 0 radical (unpaired) electrons. The van der Waals surface area contributed by atoms with E-state index in [1.54, 1.807) is 37.4 Å². The van der Waals surface area contributed by atoms with Crippen molar-refractivity contribution in [1.29, 1.82) is 0 Å². The van der Waals surface area contributed by atoms with E-state index in [0.29, 0.717) is 26.1 Å². The first kappa shape index (κ1) is 19.2. The number of amides is 2. The van der Waals surface area contributed by atoms with Gasteiger partial charge in [0.1, 0.15) is 12.4 Å². The van der Waals surface area contributed by atoms with Crippen molar-refractivity contribution >= 4 is 35.0 Å². The Morgan fingerprint density at radius 1 is 1.08 bits per heavy atom. The standard InChI is InChI=1S/C17H16Cl2FN3O2/c1-23(9-13-14(19)3-2-4-15(13)20)10-16(24)21-22-17(25)11-5-7-12(18)8-6-11/h2-8H,9-10H2,1H3,(H,21,24)(H,22,25)/p+1. The van der Waals surface area contributed by atoms with Crippen molar-refractivity contribution in [2.75, 3.05) is 13.6 Å². The van der Waals surface area contributed by atoms with Crippen LogP contribution in [0.5, 0.6) is 0 Å². The molecule has 8 heteroatoms. The van der Waals surface area contributed by atoms with E-state index in [2.05, 4.69) is 10.9 Å². The van der Waals surface area contributed by atoms with Gasteiger partial charge in [-0.1, -0.05) is 29.3 Å². The Labute approximate surface area is 154 Å². The fourth-order valence-corrected chi connectivity index (χ4v) is 2.54. The summed E-state index contributed by atoms with van der Waals surface area (Å²) in [5, 5.41) is 0.827. The molecule has 3 N–H and O–H groups in total. The van der Waals surface area contributed by atoms with Crippen LogP contribution in [0, 0.1) is 5.82 Å². The maximum atomic E-state index is 13.8. The minimum atomic E-state index is -0.459. The van der Waals surface area contributed by atoms with Gasteiger partial charge in [-0.05, 0) is 36.4 Å². The summed E-state index contributed by atoms with van der Waals surface area (Å²) in [5.74, 6) is -1.28. The van der Waals surface area contributed by atoms with Crippen LogP contribution >= 0.6 is 23.2 Å². The first-order valence-electron chi connectivity index (χ1n) is 7.45. The minimum absolute atomic E-state index is 0.0333. The number of hydrogen-bond donors (Lipinski definition) is 3. The molecule has 0 aliphatic heterocycles. The van der Waals surface area contributed by atoms with Gasteiger partial charge in [-0.2, -0.15) is 0 Å². The van der Waals surface area contributed by atoms with Crippen molar-refractivity contribution in [2.24, 2.45) is 0 Å². The zero-order valence-electron chi connectivity index (χ0n) is 13.4. The number of quaternary nitrogens is 1. The molecule has 2 rings (SSSR count). The molecule has 2 aromatic carbocycles. The average molecular weight is 385 g/mol. The molecule has 132 valence electrons. The molecule has 2 amide bonds. The SMILES string of the molecule is C[NH+](CC(=O)NNC(=O)c1ccc(Cl)cc1)Cc1c(F)cccc1Cl. The van der Waals surface area contributed by atoms with E-state index in [9.17, 15) is 14.0 Å². The lowest BCUT2D eigenvalue weighted by Crippen LogP contribution is -3.09. The van der Waals surface area contributed by atoms with E-state index < -0.39 is 17.6 Å². The van der Waals surface area contributed by atoms with E-state index in [0.717, 1.165) is 0 Å². The van der Waals surface area contributed by atoms with Gasteiger partial charge in [0.2, 0.25) is 0 Å². The summed E-state index contributed by atoms with van der Waals surface area (Å²) >= 11 is 11.7. The van der Waals surface area contributed by atoms with Gasteiger partial charge >= 0.3 is 0 Å². The molecular weight excluding hydrogens is 368 g/mol. The lowest BCUT2D eigenvalue weighted by Gasteiger charge is -2.15. The highest BCUT2D eigenvalue weighted by Gasteiger charge is 2.16. The Morgan fingerprint density at radius 3 is 2.40 bits per heavy atom. The second kappa shape index (κ2) is 8.80. The average Bonchev–Trinajstić information content (AvgIpc) is 2.57. The number of hydrogen-bond acceptors (Lipinski definition) is 2. The van der Waals surface area contributed by atoms with Gasteiger partial charge in [0.25, 0.3) is 11.8 Å². The third-order valence-electron chi connectivity index (χ3n) is 3.42. The molecule has 0 fully saturated rings. The summed E-state index contributed by atoms with van der Waals surface area (Å²) in [7, 11) is 1.73. The molecule has 0 saturated carbocycles. The van der Waals surface area contributed by atoms with Gasteiger partial charge in [0.15, 0.2) is 6.54 Å². The molecule has 0 heterocycles. The van der Waals surface area contributed by atoms with Gasteiger partial charge in [-0.15, -0.1) is 0 Å². The van der Waals surface area contributed by atoms with Crippen LogP contribution in [0.15, 0.2) is 42.5 Å². The first-order valence-corrected chi connectivity index (χ1v) is 8.21. The normalized spacial score (nSPS) is 11.7. The van der Waals surface area contributed by atoms with E-state index in [4.69, 9.17) is 23.2 Å². The van der Waals surface area contributed by atoms with Crippen LogP contribution in [0.25, 0.3) is 0 Å². The molecule has 1 unspecified atom stereocenters. The van der Waals surface area contributed by atoms with E-state index in [-0.39, 0.29) is 13.1 Å². The zero-order valence-corrected chi connectivity index (χ0v) is 14.9. The van der Waals surface area contributed by atoms with Crippen LogP contribution in [0.4, 0.5) is 4.39 Å². The van der Waals surface area contributed by atoms with E-state index in [1.807, 2.05) is 0 Å². The van der Waals surface area contributed by atoms with Crippen molar-refractivity contribution in [1.82, 2.24) is 10.9 Å². The third-order valence-corrected chi connectivity index (χ3v) is 4.03. The van der Waals surface area contributed by atoms with Crippen molar-refractivity contribution in [3.8, 4) is 0 Å². The fraction of sp³-hybridized carbons (Fsp3) is 0.176. The summed E-state index contributed by atoms with van der Waals surface area (Å²) in [5.41, 5.74) is 5.35. The van der Waals surface area contributed by atoms with Crippen molar-refractivity contribution in [3.05, 3.63) is 69.5 Å². The van der Waals surface area contributed by atoms with Gasteiger partial charge in [-0.3, -0.25) is 20.4 Å². The largest absolute Gasteiger partial charge is 0.326 e. The number of carbonyl (C=O) groups is 2. The Balaban J connectivity index is 1.83. The molecular formula is C17H17Cl2FN3O2+. The van der Waals surface area contributed by atoms with Crippen molar-refractivity contribution in [3.63, 3.8) is 0 Å². The van der Waals surface area contributed by atoms with Gasteiger partial charge < -0.3 is 4.90 Å². The molecule has 0 aliphatic carbocycles. The highest BCUT2D eigenvalue weighted by molar-refractivity contribution is 6.31. The summed E-state index contributed by atoms with van der Waals surface area (Å²) in [4.78, 5) is 24.5. The van der Waals surface area contributed by atoms with Crippen molar-refractivity contribution in [2.45, 2.75) is 6.54 Å². The van der Waals surface area contributed by atoms with Gasteiger partial charge in [0.05, 0.1) is 17.6 Å². The molecule has 0 aromatic heterocycles. The number of benzene rings is 2. The Bertz CT molecular complexity index is 749. The number of carbonyl (C=O) groups excluding carboxylic acids is 2. The molecule has 0 aliphatic rings. The summed E-state index contributed by atoms with van der Waals surface area (Å²) < 4.78 is 13.8. The zero-order chi connectivity index (χ0) is 18.4. The molecule has 0 spiro atoms. The topological polar surface area (TPSA) is 62.6 Å². The second-order valence-corrected chi connectivity index (χ2v) is 6.36. The minimum Gasteiger partial charge on any atom is -0.326 e. The Kier molecular flexibility index (Phi) is 6.75. The number of nitrogens with one attached hydrogen (secondary N) is 3. The number of halogens is 3. The first-order chi connectivity index (χ1) is 11.9. The molecule has 0 bridgehead atoms. The Hall–Kier alpha value is -2.15. The van der Waals surface area contributed by atoms with E-state index in [1.165, 1.54) is 12.1 Å². The van der Waals surface area contributed by atoms with Crippen LogP contribution in [0.2, 0.25) is 10.0 Å². The van der Waals surface area contributed by atoms with Crippen LogP contribution in [-0.2, 0) is 11.3 Å². The second-order valence-electron chi connectivity index (χ2n) is 5.52. The number of rotatable bonds is 5. The van der Waals surface area contributed by atoms with E-state index >= 15 is 0 Å². The maximum absolute atomic E-state index is 13.8. The Morgan fingerprint density at radius 2 is 1.76 bits per heavy atom. The summed E-state index contributed by atoms with van der Waals surface area (Å²) in [6, 6.07) is 10.7. The van der Waals surface area contributed by atoms with Gasteiger partial charge in [0, 0.05) is 10.6 Å². The number of likely N-dealkylation sites (N-methyl/N-ethyl adjacent to an activating group) is 1. The van der Waals surface area contributed by atoms with Crippen LogP contribution < -0.4 is 15.8 Å². The predicted octanol–water partition coefficient (Wildman–Crippen LogP) is 1.61. The quantitative estimate of drug-likeness (QED) is 0.685. The molecule has 1 atom stereocenters. The summed E-state index contributed by atoms with van der Waals surface area (Å²) in [6.07, 6.45) is 0. The highest BCUT2D eigenvalue weighted by atomic mass is 35.5. The molecule has 25 heavy (non-hydrogen) atoms. The third kappa shape index (κ3) is 5.70. The molecule has 5 nitrogen and oxygen atoms in total. The maximum Gasteiger partial charge on any atom is 0.293 e. The van der Waals surface area contributed by atoms with Crippen LogP contribution in [0.1, 0.15) is 15.9 Å². The number of hydrazine groups is 1. The van der Waals surface area contributed by atoms with Crippen LogP contribution in [-0.4, -0.2) is 25.4 Å². The lowest BCUT2D eigenvalue weighted by atomic mass is 10.2.